The number of rotatable bonds is 8. The van der Waals surface area contributed by atoms with Crippen LogP contribution in [0.3, 0.4) is 0 Å². The van der Waals surface area contributed by atoms with Crippen LogP contribution in [0.25, 0.3) is 6.08 Å². The van der Waals surface area contributed by atoms with Crippen LogP contribution in [0.15, 0.2) is 18.0 Å². The van der Waals surface area contributed by atoms with Crippen LogP contribution in [0.1, 0.15) is 46.1 Å². The van der Waals surface area contributed by atoms with Crippen LogP contribution in [0.5, 0.6) is 0 Å². The smallest absolute Gasteiger partial charge is 0.0562 e. The largest absolute Gasteiger partial charge is 0.313 e. The van der Waals surface area contributed by atoms with Gasteiger partial charge in [0.2, 0.25) is 0 Å². The third-order valence-corrected chi connectivity index (χ3v) is 2.84. The lowest BCUT2D eigenvalue weighted by Crippen LogP contribution is -2.21. The van der Waals surface area contributed by atoms with Crippen molar-refractivity contribution in [3.63, 3.8) is 0 Å². The van der Waals surface area contributed by atoms with E-state index < -0.39 is 0 Å². The normalized spacial score (nSPS) is 12.4. The molecule has 0 amide bonds. The van der Waals surface area contributed by atoms with Gasteiger partial charge in [0.1, 0.15) is 0 Å². The summed E-state index contributed by atoms with van der Waals surface area (Å²) in [7, 11) is 0. The van der Waals surface area contributed by atoms with Gasteiger partial charge in [0.25, 0.3) is 0 Å². The third-order valence-electron chi connectivity index (χ3n) is 2.84. The summed E-state index contributed by atoms with van der Waals surface area (Å²) in [6.07, 6.45) is 8.55. The highest BCUT2D eigenvalue weighted by Crippen LogP contribution is 2.09. The van der Waals surface area contributed by atoms with Crippen molar-refractivity contribution in [2.75, 3.05) is 13.1 Å². The van der Waals surface area contributed by atoms with E-state index in [2.05, 4.69) is 50.4 Å². The van der Waals surface area contributed by atoms with Gasteiger partial charge in [-0.2, -0.15) is 5.10 Å². The summed E-state index contributed by atoms with van der Waals surface area (Å²) in [5, 5.41) is 7.85. The second-order valence-electron chi connectivity index (χ2n) is 5.22. The fourth-order valence-corrected chi connectivity index (χ4v) is 1.84. The van der Waals surface area contributed by atoms with Gasteiger partial charge in [-0.15, -0.1) is 0 Å². The Kier molecular flexibility index (Phi) is 6.73. The number of nitrogens with one attached hydrogen (secondary N) is 1. The molecular formula is C15H27N3. The van der Waals surface area contributed by atoms with Gasteiger partial charge in [-0.05, 0) is 25.3 Å². The number of aryl methyl sites for hydroxylation is 1. The van der Waals surface area contributed by atoms with E-state index in [1.807, 2.05) is 10.9 Å². The SMILES string of the molecule is CCCn1cc(/C=C(/CC)CNCC(C)C)cn1. The molecule has 1 aromatic rings. The van der Waals surface area contributed by atoms with Crippen LogP contribution in [0.4, 0.5) is 0 Å². The average Bonchev–Trinajstić information content (AvgIpc) is 2.75. The second kappa shape index (κ2) is 8.09. The van der Waals surface area contributed by atoms with Gasteiger partial charge in [0.05, 0.1) is 6.20 Å². The molecule has 0 spiro atoms. The molecule has 0 atom stereocenters. The predicted molar refractivity (Wildman–Crippen MR) is 78.5 cm³/mol. The molecule has 0 saturated heterocycles. The first-order chi connectivity index (χ1) is 8.65. The Morgan fingerprint density at radius 2 is 2.22 bits per heavy atom. The fraction of sp³-hybridized carbons (Fsp3) is 0.667. The number of hydrogen-bond acceptors (Lipinski definition) is 2. The van der Waals surface area contributed by atoms with Gasteiger partial charge >= 0.3 is 0 Å². The molecule has 0 aliphatic heterocycles. The molecule has 3 nitrogen and oxygen atoms in total. The summed E-state index contributed by atoms with van der Waals surface area (Å²) >= 11 is 0. The lowest BCUT2D eigenvalue weighted by molar-refractivity contribution is 0.569. The van der Waals surface area contributed by atoms with Crippen molar-refractivity contribution in [2.24, 2.45) is 5.92 Å². The lowest BCUT2D eigenvalue weighted by Gasteiger charge is -2.09. The lowest BCUT2D eigenvalue weighted by atomic mass is 10.1. The average molecular weight is 249 g/mol. The highest BCUT2D eigenvalue weighted by atomic mass is 15.3. The Morgan fingerprint density at radius 1 is 1.44 bits per heavy atom. The van der Waals surface area contributed by atoms with E-state index in [1.54, 1.807) is 0 Å². The van der Waals surface area contributed by atoms with Crippen molar-refractivity contribution in [1.82, 2.24) is 15.1 Å². The number of hydrogen-bond donors (Lipinski definition) is 1. The summed E-state index contributed by atoms with van der Waals surface area (Å²) < 4.78 is 2.01. The van der Waals surface area contributed by atoms with Crippen LogP contribution in [0, 0.1) is 5.92 Å². The van der Waals surface area contributed by atoms with Gasteiger partial charge in [0.15, 0.2) is 0 Å². The zero-order chi connectivity index (χ0) is 13.4. The maximum Gasteiger partial charge on any atom is 0.0562 e. The molecule has 1 rings (SSSR count). The summed E-state index contributed by atoms with van der Waals surface area (Å²) in [4.78, 5) is 0. The van der Waals surface area contributed by atoms with E-state index in [1.165, 1.54) is 11.1 Å². The fourth-order valence-electron chi connectivity index (χ4n) is 1.84. The van der Waals surface area contributed by atoms with Gasteiger partial charge in [-0.25, -0.2) is 0 Å². The first-order valence-corrected chi connectivity index (χ1v) is 7.08. The predicted octanol–water partition coefficient (Wildman–Crippen LogP) is 3.33. The van der Waals surface area contributed by atoms with Crippen molar-refractivity contribution in [1.29, 1.82) is 0 Å². The maximum atomic E-state index is 4.35. The van der Waals surface area contributed by atoms with E-state index in [-0.39, 0.29) is 0 Å². The minimum Gasteiger partial charge on any atom is -0.313 e. The van der Waals surface area contributed by atoms with Gasteiger partial charge in [-0.3, -0.25) is 4.68 Å². The summed E-state index contributed by atoms with van der Waals surface area (Å²) in [5.41, 5.74) is 2.65. The third kappa shape index (κ3) is 5.50. The molecule has 1 aromatic heterocycles. The molecule has 0 bridgehead atoms. The molecule has 1 N–H and O–H groups in total. The first-order valence-electron chi connectivity index (χ1n) is 7.08. The minimum absolute atomic E-state index is 0.704. The van der Waals surface area contributed by atoms with E-state index in [0.717, 1.165) is 32.5 Å². The zero-order valence-electron chi connectivity index (χ0n) is 12.2. The van der Waals surface area contributed by atoms with Crippen molar-refractivity contribution in [2.45, 2.75) is 47.1 Å². The Labute approximate surface area is 111 Å². The summed E-state index contributed by atoms with van der Waals surface area (Å²) in [6.45, 7) is 11.9. The van der Waals surface area contributed by atoms with Gasteiger partial charge in [0, 0.05) is 24.8 Å². The Bertz CT molecular complexity index is 364. The molecular weight excluding hydrogens is 222 g/mol. The molecule has 0 aliphatic rings. The summed E-state index contributed by atoms with van der Waals surface area (Å²) in [5.74, 6) is 0.704. The van der Waals surface area contributed by atoms with E-state index in [9.17, 15) is 0 Å². The molecule has 18 heavy (non-hydrogen) atoms. The molecule has 0 radical (unpaired) electrons. The molecule has 0 unspecified atom stereocenters. The van der Waals surface area contributed by atoms with Crippen molar-refractivity contribution in [3.8, 4) is 0 Å². The van der Waals surface area contributed by atoms with Crippen molar-refractivity contribution in [3.05, 3.63) is 23.5 Å². The molecule has 0 aromatic carbocycles. The van der Waals surface area contributed by atoms with Crippen molar-refractivity contribution < 1.29 is 0 Å². The van der Waals surface area contributed by atoms with Crippen LogP contribution in [-0.2, 0) is 6.54 Å². The van der Waals surface area contributed by atoms with E-state index in [0.29, 0.717) is 5.92 Å². The second-order valence-corrected chi connectivity index (χ2v) is 5.22. The molecule has 1 heterocycles. The van der Waals surface area contributed by atoms with Crippen LogP contribution < -0.4 is 5.32 Å². The Morgan fingerprint density at radius 3 is 2.83 bits per heavy atom. The standard InChI is InChI=1S/C15H27N3/c1-5-7-18-12-15(11-17-18)8-14(6-2)10-16-9-13(3)4/h8,11-13,16H,5-7,9-10H2,1-4H3/b14-8-. The van der Waals surface area contributed by atoms with Crippen LogP contribution in [0.2, 0.25) is 0 Å². The van der Waals surface area contributed by atoms with E-state index >= 15 is 0 Å². The quantitative estimate of drug-likeness (QED) is 0.766. The topological polar surface area (TPSA) is 29.9 Å². The molecule has 3 heteroatoms. The molecule has 102 valence electrons. The van der Waals surface area contributed by atoms with Gasteiger partial charge in [-0.1, -0.05) is 39.3 Å². The highest BCUT2D eigenvalue weighted by molar-refractivity contribution is 5.51. The summed E-state index contributed by atoms with van der Waals surface area (Å²) in [6, 6.07) is 0. The highest BCUT2D eigenvalue weighted by Gasteiger charge is 1.99. The van der Waals surface area contributed by atoms with Crippen LogP contribution in [-0.4, -0.2) is 22.9 Å². The zero-order valence-corrected chi connectivity index (χ0v) is 12.2. The monoisotopic (exact) mass is 249 g/mol. The van der Waals surface area contributed by atoms with Crippen molar-refractivity contribution >= 4 is 6.08 Å². The molecule has 0 saturated carbocycles. The number of nitrogens with zero attached hydrogens (tertiary/aromatic N) is 2. The Balaban J connectivity index is 2.53. The van der Waals surface area contributed by atoms with Gasteiger partial charge < -0.3 is 5.32 Å². The Hall–Kier alpha value is -1.09. The molecule has 0 aliphatic carbocycles. The number of aromatic nitrogens is 2. The minimum atomic E-state index is 0.704. The molecule has 0 fully saturated rings. The first kappa shape index (κ1) is 15.0. The maximum absolute atomic E-state index is 4.35. The van der Waals surface area contributed by atoms with Crippen LogP contribution >= 0.6 is 0 Å². The van der Waals surface area contributed by atoms with E-state index in [4.69, 9.17) is 0 Å².